The monoisotopic (exact) mass is 499 g/mol. The molecule has 0 fully saturated rings. The van der Waals surface area contributed by atoms with Crippen LogP contribution in [0.2, 0.25) is 5.02 Å². The van der Waals surface area contributed by atoms with E-state index in [1.54, 1.807) is 0 Å². The number of imide groups is 1. The van der Waals surface area contributed by atoms with Crippen molar-refractivity contribution in [2.24, 2.45) is 0 Å². The molecule has 0 heterocycles. The Morgan fingerprint density at radius 1 is 1.15 bits per heavy atom. The number of ether oxygens (including phenoxy) is 2. The molecule has 1 aliphatic rings. The molecule has 0 saturated heterocycles. The van der Waals surface area contributed by atoms with Crippen molar-refractivity contribution in [3.8, 4) is 0 Å². The Kier molecular flexibility index (Phi) is 10.4. The summed E-state index contributed by atoms with van der Waals surface area (Å²) in [6, 6.07) is 2.24. The fourth-order valence-electron chi connectivity index (χ4n) is 3.36. The SMILES string of the molecule is CCCCOC(=O)CSc1cc(N(C(C)=O)C(=O)C2=C(C(=O)OC)CCCC2)c(F)cc1Cl. The van der Waals surface area contributed by atoms with Gasteiger partial charge in [0.05, 0.1) is 30.2 Å². The minimum absolute atomic E-state index is 0.0330. The van der Waals surface area contributed by atoms with E-state index in [-0.39, 0.29) is 34.0 Å². The molecule has 10 heteroatoms. The zero-order valence-electron chi connectivity index (χ0n) is 18.9. The van der Waals surface area contributed by atoms with Crippen molar-refractivity contribution in [1.29, 1.82) is 0 Å². The van der Waals surface area contributed by atoms with E-state index in [2.05, 4.69) is 0 Å². The molecule has 1 aliphatic carbocycles. The Morgan fingerprint density at radius 2 is 1.82 bits per heavy atom. The number of benzene rings is 1. The number of thioether (sulfide) groups is 1. The van der Waals surface area contributed by atoms with Crippen LogP contribution in [0.4, 0.5) is 10.1 Å². The quantitative estimate of drug-likeness (QED) is 0.273. The number of rotatable bonds is 9. The highest BCUT2D eigenvalue weighted by Crippen LogP contribution is 2.36. The summed E-state index contributed by atoms with van der Waals surface area (Å²) in [5, 5.41) is 0.0330. The maximum atomic E-state index is 14.9. The maximum Gasteiger partial charge on any atom is 0.334 e. The second-order valence-electron chi connectivity index (χ2n) is 7.41. The van der Waals surface area contributed by atoms with Gasteiger partial charge in [0.2, 0.25) is 5.91 Å². The van der Waals surface area contributed by atoms with Gasteiger partial charge < -0.3 is 9.47 Å². The van der Waals surface area contributed by atoms with Crippen molar-refractivity contribution in [3.63, 3.8) is 0 Å². The minimum atomic E-state index is -0.880. The van der Waals surface area contributed by atoms with Crippen molar-refractivity contribution in [3.05, 3.63) is 34.1 Å². The van der Waals surface area contributed by atoms with Crippen LogP contribution in [0, 0.1) is 5.82 Å². The fraction of sp³-hybridized carbons (Fsp3) is 0.478. The van der Waals surface area contributed by atoms with Gasteiger partial charge in [-0.3, -0.25) is 14.4 Å². The molecule has 2 rings (SSSR count). The van der Waals surface area contributed by atoms with E-state index in [9.17, 15) is 23.6 Å². The molecule has 180 valence electrons. The van der Waals surface area contributed by atoms with Crippen molar-refractivity contribution in [2.45, 2.75) is 57.3 Å². The first-order chi connectivity index (χ1) is 15.7. The summed E-state index contributed by atoms with van der Waals surface area (Å²) in [6.45, 7) is 3.41. The maximum absolute atomic E-state index is 14.9. The smallest absolute Gasteiger partial charge is 0.334 e. The average Bonchev–Trinajstić information content (AvgIpc) is 2.79. The van der Waals surface area contributed by atoms with Gasteiger partial charge in [0.15, 0.2) is 0 Å². The van der Waals surface area contributed by atoms with E-state index in [4.69, 9.17) is 21.1 Å². The Morgan fingerprint density at radius 3 is 2.42 bits per heavy atom. The van der Waals surface area contributed by atoms with Crippen LogP contribution < -0.4 is 4.90 Å². The number of nitrogens with zero attached hydrogens (tertiary/aromatic N) is 1. The van der Waals surface area contributed by atoms with Gasteiger partial charge in [0.25, 0.3) is 5.91 Å². The Bertz CT molecular complexity index is 965. The molecule has 2 amide bonds. The van der Waals surface area contributed by atoms with Crippen molar-refractivity contribution in [1.82, 2.24) is 0 Å². The van der Waals surface area contributed by atoms with E-state index < -0.39 is 29.6 Å². The number of carbonyl (C=O) groups excluding carboxylic acids is 4. The van der Waals surface area contributed by atoms with Crippen molar-refractivity contribution >= 4 is 52.8 Å². The number of hydrogen-bond acceptors (Lipinski definition) is 7. The first-order valence-electron chi connectivity index (χ1n) is 10.6. The Labute approximate surface area is 201 Å². The van der Waals surface area contributed by atoms with E-state index in [0.717, 1.165) is 37.6 Å². The van der Waals surface area contributed by atoms with Gasteiger partial charge in [0, 0.05) is 23.0 Å². The van der Waals surface area contributed by atoms with Crippen molar-refractivity contribution < 1.29 is 33.0 Å². The molecular weight excluding hydrogens is 473 g/mol. The van der Waals surface area contributed by atoms with Gasteiger partial charge in [0.1, 0.15) is 5.82 Å². The van der Waals surface area contributed by atoms with Crippen LogP contribution in [0.3, 0.4) is 0 Å². The van der Waals surface area contributed by atoms with Crippen LogP contribution in [-0.2, 0) is 28.7 Å². The van der Waals surface area contributed by atoms with Crippen LogP contribution in [-0.4, -0.2) is 43.2 Å². The predicted octanol–water partition coefficient (Wildman–Crippen LogP) is 4.84. The highest BCUT2D eigenvalue weighted by atomic mass is 35.5. The molecular formula is C23H27ClFNO6S. The summed E-state index contributed by atoms with van der Waals surface area (Å²) in [7, 11) is 1.21. The number of unbranched alkanes of at least 4 members (excludes halogenated alkanes) is 1. The third-order valence-electron chi connectivity index (χ3n) is 5.02. The molecule has 0 aromatic heterocycles. The molecule has 0 spiro atoms. The van der Waals surface area contributed by atoms with Gasteiger partial charge >= 0.3 is 11.9 Å². The predicted molar refractivity (Wildman–Crippen MR) is 124 cm³/mol. The van der Waals surface area contributed by atoms with Crippen molar-refractivity contribution in [2.75, 3.05) is 24.4 Å². The zero-order chi connectivity index (χ0) is 24.5. The van der Waals surface area contributed by atoms with Gasteiger partial charge in [-0.25, -0.2) is 14.1 Å². The lowest BCUT2D eigenvalue weighted by Gasteiger charge is -2.25. The Hall–Kier alpha value is -2.39. The lowest BCUT2D eigenvalue weighted by molar-refractivity contribution is -0.140. The van der Waals surface area contributed by atoms with Gasteiger partial charge in [-0.2, -0.15) is 0 Å². The highest BCUT2D eigenvalue weighted by Gasteiger charge is 2.32. The third-order valence-corrected chi connectivity index (χ3v) is 6.48. The molecule has 1 aromatic carbocycles. The normalized spacial score (nSPS) is 13.5. The summed E-state index contributed by atoms with van der Waals surface area (Å²) < 4.78 is 24.7. The van der Waals surface area contributed by atoms with Crippen LogP contribution >= 0.6 is 23.4 Å². The number of hydrogen-bond donors (Lipinski definition) is 0. The van der Waals surface area contributed by atoms with Gasteiger partial charge in [-0.15, -0.1) is 11.8 Å². The molecule has 1 aromatic rings. The van der Waals surface area contributed by atoms with Crippen LogP contribution in [0.15, 0.2) is 28.2 Å². The van der Waals surface area contributed by atoms with E-state index in [0.29, 0.717) is 35.7 Å². The van der Waals surface area contributed by atoms with E-state index in [1.807, 2.05) is 6.92 Å². The molecule has 0 bridgehead atoms. The zero-order valence-corrected chi connectivity index (χ0v) is 20.4. The van der Waals surface area contributed by atoms with E-state index >= 15 is 0 Å². The Balaban J connectivity index is 2.36. The fourth-order valence-corrected chi connectivity index (χ4v) is 4.42. The largest absolute Gasteiger partial charge is 0.466 e. The molecule has 33 heavy (non-hydrogen) atoms. The third kappa shape index (κ3) is 7.04. The molecule has 0 aliphatic heterocycles. The number of methoxy groups -OCH3 is 1. The molecule has 7 nitrogen and oxygen atoms in total. The minimum Gasteiger partial charge on any atom is -0.466 e. The molecule has 0 unspecified atom stereocenters. The molecule has 0 radical (unpaired) electrons. The lowest BCUT2D eigenvalue weighted by atomic mass is 9.90. The summed E-state index contributed by atoms with van der Waals surface area (Å²) >= 11 is 7.15. The summed E-state index contributed by atoms with van der Waals surface area (Å²) in [5.41, 5.74) is 0.0196. The summed E-state index contributed by atoms with van der Waals surface area (Å²) in [6.07, 6.45) is 3.59. The van der Waals surface area contributed by atoms with Crippen LogP contribution in [0.25, 0.3) is 0 Å². The lowest BCUT2D eigenvalue weighted by Crippen LogP contribution is -2.38. The number of esters is 2. The topological polar surface area (TPSA) is 90.0 Å². The number of carbonyl (C=O) groups is 4. The first-order valence-corrected chi connectivity index (χ1v) is 12.0. The summed E-state index contributed by atoms with van der Waals surface area (Å²) in [4.78, 5) is 50.8. The van der Waals surface area contributed by atoms with Crippen LogP contribution in [0.5, 0.6) is 0 Å². The van der Waals surface area contributed by atoms with Gasteiger partial charge in [-0.05, 0) is 44.2 Å². The van der Waals surface area contributed by atoms with Gasteiger partial charge in [-0.1, -0.05) is 24.9 Å². The number of anilines is 1. The molecule has 0 atom stereocenters. The first kappa shape index (κ1) is 26.9. The highest BCUT2D eigenvalue weighted by molar-refractivity contribution is 8.00. The molecule has 0 saturated carbocycles. The second-order valence-corrected chi connectivity index (χ2v) is 8.84. The standard InChI is InChI=1S/C23H27ClFNO6S/c1-4-5-10-32-21(28)13-33-20-12-19(18(25)11-17(20)24)26(14(2)27)22(29)15-8-6-7-9-16(15)23(30)31-3/h11-12H,4-10,13H2,1-3H3. The number of halogens is 2. The average molecular weight is 500 g/mol. The second kappa shape index (κ2) is 12.7. The number of amides is 2. The van der Waals surface area contributed by atoms with Crippen LogP contribution in [0.1, 0.15) is 52.4 Å². The summed E-state index contributed by atoms with van der Waals surface area (Å²) in [5.74, 6) is -3.55. The molecule has 0 N–H and O–H groups in total. The van der Waals surface area contributed by atoms with E-state index in [1.165, 1.54) is 13.2 Å².